The largest absolute Gasteiger partial charge is 0.454 e. The Balaban J connectivity index is 1.44. The number of alkyl halides is 2. The van der Waals surface area contributed by atoms with Crippen molar-refractivity contribution in [1.82, 2.24) is 0 Å². The summed E-state index contributed by atoms with van der Waals surface area (Å²) in [4.78, 5) is 24.1. The number of Topliss-reactive ketones (excluding diaryl/α,β-unsaturated/α-hetero) is 1. The van der Waals surface area contributed by atoms with Crippen molar-refractivity contribution in [2.75, 3.05) is 6.61 Å². The van der Waals surface area contributed by atoms with E-state index in [0.717, 1.165) is 47.4 Å². The number of ether oxygens (including phenoxy) is 1. The number of benzene rings is 3. The van der Waals surface area contributed by atoms with Gasteiger partial charge in [-0.05, 0) is 59.0 Å². The third-order valence-electron chi connectivity index (χ3n) is 5.11. The van der Waals surface area contributed by atoms with Gasteiger partial charge in [0.2, 0.25) is 9.84 Å². The average Bonchev–Trinajstić information content (AvgIpc) is 3.15. The first-order chi connectivity index (χ1) is 14.8. The third kappa shape index (κ3) is 3.98. The normalized spacial score (nSPS) is 12.4. The Morgan fingerprint density at radius 3 is 2.23 bits per heavy atom. The Bertz CT molecular complexity index is 1280. The molecule has 1 aliphatic carbocycles. The summed E-state index contributed by atoms with van der Waals surface area (Å²) in [5.74, 6) is -4.81. The van der Waals surface area contributed by atoms with Gasteiger partial charge < -0.3 is 4.74 Å². The first-order valence-electron chi connectivity index (χ1n) is 9.31. The van der Waals surface area contributed by atoms with E-state index in [4.69, 9.17) is 4.74 Å². The molecular formula is C23H16F2O5S. The fourth-order valence-electron chi connectivity index (χ4n) is 3.48. The Kier molecular flexibility index (Phi) is 5.41. The van der Waals surface area contributed by atoms with Crippen molar-refractivity contribution in [2.24, 2.45) is 0 Å². The SMILES string of the molecule is O=C(COC(=O)c1ccc(S(=O)(=O)C(F)F)cc1)c1ccc2c(c1)-c1ccccc1C2. The summed E-state index contributed by atoms with van der Waals surface area (Å²) in [6.45, 7) is -0.504. The zero-order valence-electron chi connectivity index (χ0n) is 16.0. The van der Waals surface area contributed by atoms with E-state index < -0.39 is 38.8 Å². The molecule has 0 unspecified atom stereocenters. The molecule has 0 fully saturated rings. The van der Waals surface area contributed by atoms with Gasteiger partial charge in [0, 0.05) is 5.56 Å². The highest BCUT2D eigenvalue weighted by molar-refractivity contribution is 7.91. The molecule has 0 spiro atoms. The van der Waals surface area contributed by atoms with Gasteiger partial charge in [0.05, 0.1) is 10.5 Å². The van der Waals surface area contributed by atoms with Crippen LogP contribution in [-0.2, 0) is 21.0 Å². The topological polar surface area (TPSA) is 77.5 Å². The first kappa shape index (κ1) is 20.9. The Morgan fingerprint density at radius 2 is 1.52 bits per heavy atom. The van der Waals surface area contributed by atoms with Crippen LogP contribution >= 0.6 is 0 Å². The number of ketones is 1. The molecule has 31 heavy (non-hydrogen) atoms. The van der Waals surface area contributed by atoms with Gasteiger partial charge in [-0.25, -0.2) is 13.2 Å². The quantitative estimate of drug-likeness (QED) is 0.329. The fraction of sp³-hybridized carbons (Fsp3) is 0.130. The second kappa shape index (κ2) is 8.03. The maximum absolute atomic E-state index is 12.6. The number of rotatable bonds is 6. The van der Waals surface area contributed by atoms with Crippen molar-refractivity contribution in [3.05, 3.63) is 89.0 Å². The first-order valence-corrected chi connectivity index (χ1v) is 10.9. The van der Waals surface area contributed by atoms with Crippen LogP contribution in [0, 0.1) is 0 Å². The lowest BCUT2D eigenvalue weighted by atomic mass is 10.0. The highest BCUT2D eigenvalue weighted by Gasteiger charge is 2.26. The lowest BCUT2D eigenvalue weighted by Gasteiger charge is -2.08. The van der Waals surface area contributed by atoms with E-state index >= 15 is 0 Å². The van der Waals surface area contributed by atoms with Crippen LogP contribution in [0.3, 0.4) is 0 Å². The number of carbonyl (C=O) groups is 2. The monoisotopic (exact) mass is 442 g/mol. The van der Waals surface area contributed by atoms with Crippen LogP contribution < -0.4 is 0 Å². The molecule has 0 amide bonds. The highest BCUT2D eigenvalue weighted by Crippen LogP contribution is 2.36. The molecule has 158 valence electrons. The lowest BCUT2D eigenvalue weighted by Crippen LogP contribution is -2.15. The van der Waals surface area contributed by atoms with Crippen LogP contribution in [0.15, 0.2) is 71.6 Å². The minimum absolute atomic E-state index is 0.0519. The van der Waals surface area contributed by atoms with Gasteiger partial charge in [-0.15, -0.1) is 0 Å². The summed E-state index contributed by atoms with van der Waals surface area (Å²) in [6.07, 6.45) is 0.798. The standard InChI is InChI=1S/C23H16F2O5S/c24-23(25)31(28,29)18-9-7-14(8-10-18)22(27)30-13-21(26)17-6-5-16-11-15-3-1-2-4-19(15)20(16)12-17/h1-10,12,23H,11,13H2. The van der Waals surface area contributed by atoms with Crippen molar-refractivity contribution in [3.8, 4) is 11.1 Å². The molecule has 4 rings (SSSR count). The van der Waals surface area contributed by atoms with Gasteiger partial charge in [-0.1, -0.05) is 36.4 Å². The summed E-state index contributed by atoms with van der Waals surface area (Å²) in [6, 6.07) is 17.2. The van der Waals surface area contributed by atoms with E-state index in [2.05, 4.69) is 0 Å². The van der Waals surface area contributed by atoms with Crippen LogP contribution in [0.2, 0.25) is 0 Å². The molecule has 1 aliphatic rings. The summed E-state index contributed by atoms with van der Waals surface area (Å²) >= 11 is 0. The maximum Gasteiger partial charge on any atom is 0.341 e. The zero-order chi connectivity index (χ0) is 22.2. The Labute approximate surface area is 177 Å². The van der Waals surface area contributed by atoms with Crippen LogP contribution in [0.4, 0.5) is 8.78 Å². The van der Waals surface area contributed by atoms with Crippen LogP contribution in [0.5, 0.6) is 0 Å². The third-order valence-corrected chi connectivity index (χ3v) is 6.51. The minimum atomic E-state index is -4.75. The van der Waals surface area contributed by atoms with E-state index in [1.165, 1.54) is 5.56 Å². The predicted molar refractivity (Wildman–Crippen MR) is 109 cm³/mol. The van der Waals surface area contributed by atoms with Crippen molar-refractivity contribution in [2.45, 2.75) is 17.1 Å². The van der Waals surface area contributed by atoms with E-state index in [0.29, 0.717) is 5.56 Å². The van der Waals surface area contributed by atoms with Gasteiger partial charge in [0.1, 0.15) is 0 Å². The van der Waals surface area contributed by atoms with Gasteiger partial charge >= 0.3 is 11.7 Å². The zero-order valence-corrected chi connectivity index (χ0v) is 16.9. The van der Waals surface area contributed by atoms with Gasteiger partial charge in [-0.2, -0.15) is 8.78 Å². The second-order valence-corrected chi connectivity index (χ2v) is 8.95. The summed E-state index contributed by atoms with van der Waals surface area (Å²) < 4.78 is 53.0. The fourth-order valence-corrected chi connectivity index (χ4v) is 4.20. The van der Waals surface area contributed by atoms with E-state index in [1.807, 2.05) is 30.3 Å². The van der Waals surface area contributed by atoms with E-state index in [-0.39, 0.29) is 5.56 Å². The lowest BCUT2D eigenvalue weighted by molar-refractivity contribution is 0.0474. The number of esters is 1. The van der Waals surface area contributed by atoms with Crippen molar-refractivity contribution in [3.63, 3.8) is 0 Å². The molecule has 0 aliphatic heterocycles. The van der Waals surface area contributed by atoms with Crippen LogP contribution in [-0.4, -0.2) is 32.5 Å². The van der Waals surface area contributed by atoms with Gasteiger partial charge in [-0.3, -0.25) is 4.79 Å². The number of fused-ring (bicyclic) bond motifs is 3. The molecule has 3 aromatic carbocycles. The van der Waals surface area contributed by atoms with Crippen molar-refractivity contribution in [1.29, 1.82) is 0 Å². The van der Waals surface area contributed by atoms with Crippen LogP contribution in [0.25, 0.3) is 11.1 Å². The molecule has 0 N–H and O–H groups in total. The molecule has 0 radical (unpaired) electrons. The molecule has 0 saturated heterocycles. The summed E-state index contributed by atoms with van der Waals surface area (Å²) in [5.41, 5.74) is 4.71. The molecule has 0 aromatic heterocycles. The van der Waals surface area contributed by atoms with Crippen molar-refractivity contribution < 1.29 is 31.5 Å². The highest BCUT2D eigenvalue weighted by atomic mass is 32.2. The molecule has 3 aromatic rings. The molecule has 0 bridgehead atoms. The van der Waals surface area contributed by atoms with Gasteiger partial charge in [0.15, 0.2) is 12.4 Å². The second-order valence-electron chi connectivity index (χ2n) is 7.04. The molecule has 8 heteroatoms. The van der Waals surface area contributed by atoms with Gasteiger partial charge in [0.25, 0.3) is 0 Å². The number of sulfone groups is 1. The van der Waals surface area contributed by atoms with E-state index in [1.54, 1.807) is 12.1 Å². The number of halogens is 2. The van der Waals surface area contributed by atoms with Crippen molar-refractivity contribution >= 4 is 21.6 Å². The molecular weight excluding hydrogens is 426 g/mol. The van der Waals surface area contributed by atoms with E-state index in [9.17, 15) is 26.8 Å². The molecule has 0 saturated carbocycles. The Morgan fingerprint density at radius 1 is 0.871 bits per heavy atom. The number of hydrogen-bond donors (Lipinski definition) is 0. The number of carbonyl (C=O) groups excluding carboxylic acids is 2. The van der Waals surface area contributed by atoms with Crippen LogP contribution in [0.1, 0.15) is 31.8 Å². The maximum atomic E-state index is 12.6. The summed E-state index contributed by atoms with van der Waals surface area (Å²) in [7, 11) is -4.75. The minimum Gasteiger partial charge on any atom is -0.454 e. The average molecular weight is 442 g/mol. The Hall–Kier alpha value is -3.39. The molecule has 0 heterocycles. The smallest absolute Gasteiger partial charge is 0.341 e. The molecule has 5 nitrogen and oxygen atoms in total. The predicted octanol–water partition coefficient (Wildman–Crippen LogP) is 4.29. The molecule has 0 atom stereocenters. The number of hydrogen-bond acceptors (Lipinski definition) is 5. The summed E-state index contributed by atoms with van der Waals surface area (Å²) in [5, 5.41) is 0.